The lowest BCUT2D eigenvalue weighted by Crippen LogP contribution is -2.31. The van der Waals surface area contributed by atoms with Crippen LogP contribution in [0.3, 0.4) is 0 Å². The van der Waals surface area contributed by atoms with Crippen LogP contribution in [0.5, 0.6) is 5.75 Å². The Labute approximate surface area is 174 Å². The Morgan fingerprint density at radius 1 is 1.10 bits per heavy atom. The molecule has 1 unspecified atom stereocenters. The number of carbonyl (C=O) groups excluding carboxylic acids is 2. The number of amides is 2. The van der Waals surface area contributed by atoms with Crippen LogP contribution in [0.1, 0.15) is 18.5 Å². The molecule has 2 aromatic carbocycles. The van der Waals surface area contributed by atoms with Crippen molar-refractivity contribution in [3.63, 3.8) is 0 Å². The van der Waals surface area contributed by atoms with Gasteiger partial charge in [0.15, 0.2) is 0 Å². The molecular weight excluding hydrogens is 415 g/mol. The van der Waals surface area contributed by atoms with Crippen molar-refractivity contribution in [2.24, 2.45) is 5.73 Å². The number of nitrogens with zero attached hydrogens (tertiary/aromatic N) is 1. The molecule has 1 heterocycles. The van der Waals surface area contributed by atoms with Gasteiger partial charge >= 0.3 is 6.36 Å². The van der Waals surface area contributed by atoms with Gasteiger partial charge < -0.3 is 20.4 Å². The number of nitrogens with two attached hydrogens (primary N) is 1. The Morgan fingerprint density at radius 3 is 2.39 bits per heavy atom. The van der Waals surface area contributed by atoms with Gasteiger partial charge in [0.25, 0.3) is 5.56 Å². The number of hydrogen-bond acceptors (Lipinski definition) is 4. The van der Waals surface area contributed by atoms with Crippen LogP contribution >= 0.6 is 0 Å². The van der Waals surface area contributed by atoms with E-state index in [9.17, 15) is 27.6 Å². The Kier molecular flexibility index (Phi) is 6.00. The van der Waals surface area contributed by atoms with Gasteiger partial charge in [-0.05, 0) is 42.8 Å². The lowest BCUT2D eigenvalue weighted by Gasteiger charge is -2.14. The van der Waals surface area contributed by atoms with Gasteiger partial charge in [-0.15, -0.1) is 13.2 Å². The number of hydrogen-bond donors (Lipinski definition) is 2. The van der Waals surface area contributed by atoms with Gasteiger partial charge in [0.1, 0.15) is 11.8 Å². The lowest BCUT2D eigenvalue weighted by atomic mass is 10.1. The zero-order valence-corrected chi connectivity index (χ0v) is 16.3. The number of benzene rings is 2. The fraction of sp³-hybridized carbons (Fsp3) is 0.190. The minimum absolute atomic E-state index is 0.0987. The van der Waals surface area contributed by atoms with Gasteiger partial charge in [-0.25, -0.2) is 0 Å². The van der Waals surface area contributed by atoms with Crippen LogP contribution in [0, 0.1) is 0 Å². The zero-order chi connectivity index (χ0) is 22.8. The number of alkyl halides is 3. The summed E-state index contributed by atoms with van der Waals surface area (Å²) in [6.07, 6.45) is -3.46. The molecule has 0 radical (unpaired) electrons. The van der Waals surface area contributed by atoms with E-state index >= 15 is 0 Å². The van der Waals surface area contributed by atoms with Gasteiger partial charge in [-0.1, -0.05) is 18.2 Å². The molecular formula is C21H18F3N3O4. The number of nitrogens with one attached hydrogen (secondary N) is 1. The third-order valence-corrected chi connectivity index (χ3v) is 4.60. The second kappa shape index (κ2) is 8.50. The van der Waals surface area contributed by atoms with Crippen molar-refractivity contribution in [3.8, 4) is 5.75 Å². The van der Waals surface area contributed by atoms with E-state index < -0.39 is 29.8 Å². The maximum Gasteiger partial charge on any atom is 0.573 e. The second-order valence-electron chi connectivity index (χ2n) is 6.79. The number of aromatic nitrogens is 1. The van der Waals surface area contributed by atoms with E-state index in [1.807, 2.05) is 0 Å². The van der Waals surface area contributed by atoms with Gasteiger partial charge in [-0.3, -0.25) is 14.4 Å². The van der Waals surface area contributed by atoms with Crippen LogP contribution in [-0.2, 0) is 16.0 Å². The molecule has 0 fully saturated rings. The average molecular weight is 433 g/mol. The van der Waals surface area contributed by atoms with E-state index in [0.717, 1.165) is 12.1 Å². The molecule has 31 heavy (non-hydrogen) atoms. The number of carbonyl (C=O) groups is 2. The topological polar surface area (TPSA) is 103 Å². The van der Waals surface area contributed by atoms with E-state index in [0.29, 0.717) is 22.0 Å². The minimum atomic E-state index is -4.79. The van der Waals surface area contributed by atoms with Crippen molar-refractivity contribution < 1.29 is 27.5 Å². The van der Waals surface area contributed by atoms with Gasteiger partial charge in [0, 0.05) is 22.7 Å². The molecule has 1 aromatic heterocycles. The van der Waals surface area contributed by atoms with Crippen molar-refractivity contribution in [1.29, 1.82) is 0 Å². The zero-order valence-electron chi connectivity index (χ0n) is 16.3. The molecule has 0 aliphatic heterocycles. The number of pyridine rings is 1. The van der Waals surface area contributed by atoms with E-state index in [1.165, 1.54) is 29.8 Å². The van der Waals surface area contributed by atoms with Crippen LogP contribution < -0.4 is 21.3 Å². The summed E-state index contributed by atoms with van der Waals surface area (Å²) in [6, 6.07) is 10.5. The third-order valence-electron chi connectivity index (χ3n) is 4.60. The highest BCUT2D eigenvalue weighted by atomic mass is 19.4. The number of primary amides is 1. The molecule has 0 spiro atoms. The van der Waals surface area contributed by atoms with Gasteiger partial charge in [0.2, 0.25) is 11.8 Å². The molecule has 1 atom stereocenters. The Hall–Kier alpha value is -3.82. The van der Waals surface area contributed by atoms with Gasteiger partial charge in [-0.2, -0.15) is 0 Å². The maximum absolute atomic E-state index is 12.7. The standard InChI is InChI=1S/C21H18F3N3O4/c1-12(19(25)29)27-10-9-15-16(20(27)30)3-2-4-17(15)26-18(28)11-13-5-7-14(8-6-13)31-21(22,23)24/h2-10,12H,11H2,1H3,(H2,25,29)(H,26,28). The van der Waals surface area contributed by atoms with Crippen LogP contribution in [0.4, 0.5) is 18.9 Å². The summed E-state index contributed by atoms with van der Waals surface area (Å²) < 4.78 is 41.7. The van der Waals surface area contributed by atoms with Crippen molar-refractivity contribution in [2.75, 3.05) is 5.32 Å². The monoisotopic (exact) mass is 433 g/mol. The largest absolute Gasteiger partial charge is 0.573 e. The molecule has 3 aromatic rings. The van der Waals surface area contributed by atoms with E-state index in [4.69, 9.17) is 5.73 Å². The summed E-state index contributed by atoms with van der Waals surface area (Å²) in [4.78, 5) is 36.5. The molecule has 0 aliphatic rings. The molecule has 0 saturated heterocycles. The Bertz CT molecular complexity index is 1190. The molecule has 3 N–H and O–H groups in total. The van der Waals surface area contributed by atoms with E-state index in [2.05, 4.69) is 10.1 Å². The molecule has 2 amide bonds. The van der Waals surface area contributed by atoms with Crippen molar-refractivity contribution in [2.45, 2.75) is 25.7 Å². The van der Waals surface area contributed by atoms with Crippen LogP contribution in [-0.4, -0.2) is 22.7 Å². The summed E-state index contributed by atoms with van der Waals surface area (Å²) in [5.41, 5.74) is 5.70. The van der Waals surface area contributed by atoms with Crippen molar-refractivity contribution >= 4 is 28.3 Å². The first kappa shape index (κ1) is 21.9. The highest BCUT2D eigenvalue weighted by Gasteiger charge is 2.31. The minimum Gasteiger partial charge on any atom is -0.406 e. The molecule has 7 nitrogen and oxygen atoms in total. The molecule has 10 heteroatoms. The van der Waals surface area contributed by atoms with Crippen LogP contribution in [0.15, 0.2) is 59.5 Å². The predicted molar refractivity (Wildman–Crippen MR) is 108 cm³/mol. The number of halogens is 3. The fourth-order valence-corrected chi connectivity index (χ4v) is 3.03. The number of rotatable bonds is 6. The summed E-state index contributed by atoms with van der Waals surface area (Å²) in [5, 5.41) is 3.46. The summed E-state index contributed by atoms with van der Waals surface area (Å²) in [5.74, 6) is -1.46. The normalized spacial score (nSPS) is 12.4. The highest BCUT2D eigenvalue weighted by molar-refractivity contribution is 6.02. The van der Waals surface area contributed by atoms with E-state index in [-0.39, 0.29) is 12.2 Å². The highest BCUT2D eigenvalue weighted by Crippen LogP contribution is 2.24. The first-order valence-electron chi connectivity index (χ1n) is 9.13. The third kappa shape index (κ3) is 5.21. The molecule has 0 bridgehead atoms. The average Bonchev–Trinajstić information content (AvgIpc) is 2.68. The molecule has 3 rings (SSSR count). The van der Waals surface area contributed by atoms with Crippen molar-refractivity contribution in [3.05, 3.63) is 70.6 Å². The van der Waals surface area contributed by atoms with Gasteiger partial charge in [0.05, 0.1) is 6.42 Å². The Morgan fingerprint density at radius 2 is 1.77 bits per heavy atom. The molecule has 0 aliphatic carbocycles. The van der Waals surface area contributed by atoms with Crippen LogP contribution in [0.2, 0.25) is 0 Å². The van der Waals surface area contributed by atoms with E-state index in [1.54, 1.807) is 24.3 Å². The SMILES string of the molecule is CC(C(N)=O)n1ccc2c(NC(=O)Cc3ccc(OC(F)(F)F)cc3)cccc2c1=O. The maximum atomic E-state index is 12.7. The first-order valence-corrected chi connectivity index (χ1v) is 9.13. The quantitative estimate of drug-likeness (QED) is 0.623. The summed E-state index contributed by atoms with van der Waals surface area (Å²) >= 11 is 0. The second-order valence-corrected chi connectivity index (χ2v) is 6.79. The predicted octanol–water partition coefficient (Wildman–Crippen LogP) is 3.13. The Balaban J connectivity index is 1.78. The molecule has 0 saturated carbocycles. The number of fused-ring (bicyclic) bond motifs is 1. The number of anilines is 1. The molecule has 162 valence electrons. The summed E-state index contributed by atoms with van der Waals surface area (Å²) in [6.45, 7) is 1.51. The van der Waals surface area contributed by atoms with Crippen molar-refractivity contribution in [1.82, 2.24) is 4.57 Å². The first-order chi connectivity index (χ1) is 14.5. The summed E-state index contributed by atoms with van der Waals surface area (Å²) in [7, 11) is 0. The lowest BCUT2D eigenvalue weighted by molar-refractivity contribution is -0.274. The fourth-order valence-electron chi connectivity index (χ4n) is 3.03. The smallest absolute Gasteiger partial charge is 0.406 e. The van der Waals surface area contributed by atoms with Crippen LogP contribution in [0.25, 0.3) is 10.8 Å². The number of ether oxygens (including phenoxy) is 1.